The molecule has 1 heterocycles. The summed E-state index contributed by atoms with van der Waals surface area (Å²) in [5.74, 6) is -0.496. The summed E-state index contributed by atoms with van der Waals surface area (Å²) >= 11 is 3.27. The quantitative estimate of drug-likeness (QED) is 0.550. The number of rotatable bonds is 1. The Labute approximate surface area is 83.8 Å². The van der Waals surface area contributed by atoms with E-state index in [4.69, 9.17) is 5.11 Å². The van der Waals surface area contributed by atoms with E-state index in [1.165, 1.54) is 7.11 Å². The average molecular weight is 252 g/mol. The van der Waals surface area contributed by atoms with Gasteiger partial charge in [-0.25, -0.2) is 9.59 Å². The van der Waals surface area contributed by atoms with Gasteiger partial charge in [-0.2, -0.15) is 0 Å². The zero-order valence-electron chi connectivity index (χ0n) is 7.07. The molecule has 0 spiro atoms. The molecular formula is C7H10BrNO4. The van der Waals surface area contributed by atoms with Crippen molar-refractivity contribution in [1.29, 1.82) is 0 Å². The molecule has 1 rings (SSSR count). The minimum atomic E-state index is -1.09. The van der Waals surface area contributed by atoms with Gasteiger partial charge in [-0.1, -0.05) is 15.9 Å². The number of nitrogens with zero attached hydrogens (tertiary/aromatic N) is 1. The van der Waals surface area contributed by atoms with Gasteiger partial charge in [0.25, 0.3) is 0 Å². The molecule has 0 aromatic heterocycles. The number of hydrogen-bond acceptors (Lipinski definition) is 3. The van der Waals surface area contributed by atoms with Gasteiger partial charge in [0.2, 0.25) is 0 Å². The van der Waals surface area contributed by atoms with Crippen molar-refractivity contribution in [3.05, 3.63) is 0 Å². The number of amides is 1. The summed E-state index contributed by atoms with van der Waals surface area (Å²) in [4.78, 5) is 22.9. The number of likely N-dealkylation sites (tertiary alicyclic amines) is 1. The summed E-state index contributed by atoms with van der Waals surface area (Å²) < 4.78 is 4.50. The third-order valence-electron chi connectivity index (χ3n) is 1.97. The molecule has 1 amide bonds. The molecule has 0 radical (unpaired) electrons. The lowest BCUT2D eigenvalue weighted by Crippen LogP contribution is -2.40. The SMILES string of the molecule is COC(=O)[C@@H]1C[C@H](Br)CN1C(=O)O. The largest absolute Gasteiger partial charge is 0.467 e. The molecule has 1 aliphatic heterocycles. The number of alkyl halides is 1. The molecule has 1 N–H and O–H groups in total. The molecule has 0 bridgehead atoms. The Morgan fingerprint density at radius 1 is 1.62 bits per heavy atom. The smallest absolute Gasteiger partial charge is 0.408 e. The molecule has 5 nitrogen and oxygen atoms in total. The molecule has 0 aromatic rings. The van der Waals surface area contributed by atoms with Gasteiger partial charge in [0.15, 0.2) is 0 Å². The van der Waals surface area contributed by atoms with Crippen molar-refractivity contribution in [3.63, 3.8) is 0 Å². The molecule has 1 saturated heterocycles. The van der Waals surface area contributed by atoms with Gasteiger partial charge < -0.3 is 9.84 Å². The van der Waals surface area contributed by atoms with Gasteiger partial charge >= 0.3 is 12.1 Å². The van der Waals surface area contributed by atoms with Crippen molar-refractivity contribution in [3.8, 4) is 0 Å². The van der Waals surface area contributed by atoms with Crippen LogP contribution in [0.2, 0.25) is 0 Å². The second-order valence-corrected chi connectivity index (χ2v) is 4.10. The number of carboxylic acid groups (broad SMARTS) is 1. The van der Waals surface area contributed by atoms with Crippen LogP contribution in [0.15, 0.2) is 0 Å². The van der Waals surface area contributed by atoms with E-state index in [9.17, 15) is 9.59 Å². The Morgan fingerprint density at radius 2 is 2.23 bits per heavy atom. The highest BCUT2D eigenvalue weighted by Crippen LogP contribution is 2.24. The Morgan fingerprint density at radius 3 is 2.69 bits per heavy atom. The summed E-state index contributed by atoms with van der Waals surface area (Å²) in [7, 11) is 1.25. The first-order valence-electron chi connectivity index (χ1n) is 3.77. The first kappa shape index (κ1) is 10.3. The van der Waals surface area contributed by atoms with E-state index >= 15 is 0 Å². The second-order valence-electron chi connectivity index (χ2n) is 2.81. The summed E-state index contributed by atoms with van der Waals surface area (Å²) in [6.45, 7) is 0.328. The van der Waals surface area contributed by atoms with Gasteiger partial charge in [-0.3, -0.25) is 4.90 Å². The predicted octanol–water partition coefficient (Wildman–Crippen LogP) is 0.675. The molecular weight excluding hydrogens is 242 g/mol. The Bertz CT molecular complexity index is 233. The van der Waals surface area contributed by atoms with Gasteiger partial charge in [0.1, 0.15) is 6.04 Å². The minimum absolute atomic E-state index is 0.0349. The number of carbonyl (C=O) groups is 2. The van der Waals surface area contributed by atoms with Crippen molar-refractivity contribution in [2.75, 3.05) is 13.7 Å². The molecule has 6 heteroatoms. The van der Waals surface area contributed by atoms with Gasteiger partial charge in [-0.05, 0) is 6.42 Å². The Balaban J connectivity index is 2.71. The molecule has 0 aromatic carbocycles. The van der Waals surface area contributed by atoms with E-state index in [1.807, 2.05) is 0 Å². The monoisotopic (exact) mass is 251 g/mol. The molecule has 0 aliphatic carbocycles. The zero-order valence-corrected chi connectivity index (χ0v) is 8.65. The number of ether oxygens (including phenoxy) is 1. The van der Waals surface area contributed by atoms with Crippen LogP contribution in [0.1, 0.15) is 6.42 Å². The fourth-order valence-electron chi connectivity index (χ4n) is 1.36. The van der Waals surface area contributed by atoms with Crippen LogP contribution < -0.4 is 0 Å². The highest BCUT2D eigenvalue weighted by Gasteiger charge is 2.39. The topological polar surface area (TPSA) is 66.8 Å². The molecule has 0 saturated carbocycles. The lowest BCUT2D eigenvalue weighted by atomic mass is 10.2. The Hall–Kier alpha value is -0.780. The van der Waals surface area contributed by atoms with E-state index in [2.05, 4.69) is 20.7 Å². The van der Waals surface area contributed by atoms with Crippen molar-refractivity contribution in [1.82, 2.24) is 4.90 Å². The zero-order chi connectivity index (χ0) is 10.0. The summed E-state index contributed by atoms with van der Waals surface area (Å²) in [6, 6.07) is -0.660. The fourth-order valence-corrected chi connectivity index (χ4v) is 2.02. The summed E-state index contributed by atoms with van der Waals surface area (Å²) in [5, 5.41) is 8.74. The van der Waals surface area contributed by atoms with Crippen LogP contribution in [0, 0.1) is 0 Å². The number of methoxy groups -OCH3 is 1. The van der Waals surface area contributed by atoms with Crippen molar-refractivity contribution < 1.29 is 19.4 Å². The normalized spacial score (nSPS) is 27.4. The standard InChI is InChI=1S/C7H10BrNO4/c1-13-6(10)5-2-4(8)3-9(5)7(11)12/h4-5H,2-3H2,1H3,(H,11,12)/t4-,5-/m0/s1. The minimum Gasteiger partial charge on any atom is -0.467 e. The number of hydrogen-bond donors (Lipinski definition) is 1. The van der Waals surface area contributed by atoms with Crippen LogP contribution in [-0.2, 0) is 9.53 Å². The first-order chi connectivity index (χ1) is 6.06. The molecule has 13 heavy (non-hydrogen) atoms. The first-order valence-corrected chi connectivity index (χ1v) is 4.69. The Kier molecular flexibility index (Phi) is 3.13. The maximum atomic E-state index is 11.1. The number of esters is 1. The molecule has 1 aliphatic rings. The van der Waals surface area contributed by atoms with Crippen LogP contribution >= 0.6 is 15.9 Å². The third-order valence-corrected chi connectivity index (χ3v) is 2.63. The van der Waals surface area contributed by atoms with Crippen LogP contribution in [-0.4, -0.2) is 46.6 Å². The highest BCUT2D eigenvalue weighted by atomic mass is 79.9. The molecule has 1 fully saturated rings. The third kappa shape index (κ3) is 2.12. The average Bonchev–Trinajstić information content (AvgIpc) is 2.46. The van der Waals surface area contributed by atoms with Crippen LogP contribution in [0.25, 0.3) is 0 Å². The van der Waals surface area contributed by atoms with Crippen molar-refractivity contribution in [2.45, 2.75) is 17.3 Å². The maximum absolute atomic E-state index is 11.1. The lowest BCUT2D eigenvalue weighted by Gasteiger charge is -2.18. The summed E-state index contributed by atoms with van der Waals surface area (Å²) in [5.41, 5.74) is 0. The van der Waals surface area contributed by atoms with Gasteiger partial charge in [-0.15, -0.1) is 0 Å². The fraction of sp³-hybridized carbons (Fsp3) is 0.714. The predicted molar refractivity (Wildman–Crippen MR) is 47.9 cm³/mol. The van der Waals surface area contributed by atoms with Crippen molar-refractivity contribution >= 4 is 28.0 Å². The molecule has 2 atom stereocenters. The molecule has 0 unspecified atom stereocenters. The summed E-state index contributed by atoms with van der Waals surface area (Å²) in [6.07, 6.45) is -0.615. The molecule has 74 valence electrons. The van der Waals surface area contributed by atoms with E-state index in [0.29, 0.717) is 13.0 Å². The van der Waals surface area contributed by atoms with E-state index in [0.717, 1.165) is 4.90 Å². The van der Waals surface area contributed by atoms with Gasteiger partial charge in [0.05, 0.1) is 7.11 Å². The van der Waals surface area contributed by atoms with Crippen LogP contribution in [0.3, 0.4) is 0 Å². The van der Waals surface area contributed by atoms with E-state index in [-0.39, 0.29) is 4.83 Å². The van der Waals surface area contributed by atoms with Gasteiger partial charge in [0, 0.05) is 11.4 Å². The maximum Gasteiger partial charge on any atom is 0.408 e. The highest BCUT2D eigenvalue weighted by molar-refractivity contribution is 9.09. The van der Waals surface area contributed by atoms with Crippen LogP contribution in [0.4, 0.5) is 4.79 Å². The van der Waals surface area contributed by atoms with E-state index < -0.39 is 18.1 Å². The lowest BCUT2D eigenvalue weighted by molar-refractivity contribution is -0.145. The number of carbonyl (C=O) groups excluding carboxylic acids is 1. The van der Waals surface area contributed by atoms with Crippen LogP contribution in [0.5, 0.6) is 0 Å². The van der Waals surface area contributed by atoms with Crippen molar-refractivity contribution in [2.24, 2.45) is 0 Å². The van der Waals surface area contributed by atoms with E-state index in [1.54, 1.807) is 0 Å². The second kappa shape index (κ2) is 3.95. The number of halogens is 1.